The molecule has 0 saturated carbocycles. The van der Waals surface area contributed by atoms with E-state index >= 15 is 0 Å². The maximum Gasteiger partial charge on any atom is 0.329 e. The number of amides is 5. The summed E-state index contributed by atoms with van der Waals surface area (Å²) in [5.41, 5.74) is 0.718. The van der Waals surface area contributed by atoms with Gasteiger partial charge in [0.1, 0.15) is 30.5 Å². The van der Waals surface area contributed by atoms with Gasteiger partial charge >= 0.3 is 5.97 Å². The lowest BCUT2D eigenvalue weighted by molar-refractivity contribution is -0.168. The van der Waals surface area contributed by atoms with Crippen LogP contribution >= 0.6 is 0 Å². The van der Waals surface area contributed by atoms with E-state index in [9.17, 15) is 43.5 Å². The quantitative estimate of drug-likeness (QED) is 0.227. The maximum atomic E-state index is 14.7. The van der Waals surface area contributed by atoms with E-state index in [4.69, 9.17) is 4.74 Å². The van der Waals surface area contributed by atoms with Crippen molar-refractivity contribution in [3.05, 3.63) is 35.9 Å². The molecule has 0 radical (unpaired) electrons. The molecule has 2 aliphatic heterocycles. The smallest absolute Gasteiger partial charge is 0.329 e. The van der Waals surface area contributed by atoms with Crippen LogP contribution in [-0.2, 0) is 49.5 Å². The van der Waals surface area contributed by atoms with E-state index in [-0.39, 0.29) is 50.4 Å². The Morgan fingerprint density at radius 1 is 0.898 bits per heavy atom. The number of nitrogens with zero attached hydrogens (tertiary/aromatic N) is 2. The van der Waals surface area contributed by atoms with Gasteiger partial charge in [0.15, 0.2) is 11.6 Å². The zero-order valence-electron chi connectivity index (χ0n) is 36.5. The van der Waals surface area contributed by atoms with Crippen LogP contribution in [0.15, 0.2) is 30.3 Å². The highest BCUT2D eigenvalue weighted by Gasteiger charge is 2.45. The molecule has 1 aromatic carbocycles. The molecule has 15 heteroatoms. The number of nitrogens with one attached hydrogen (secondary N) is 3. The summed E-state index contributed by atoms with van der Waals surface area (Å²) in [6.07, 6.45) is -2.18. The van der Waals surface area contributed by atoms with Crippen molar-refractivity contribution < 1.29 is 48.2 Å². The van der Waals surface area contributed by atoms with Crippen molar-refractivity contribution in [3.8, 4) is 0 Å². The normalized spacial score (nSPS) is 27.4. The van der Waals surface area contributed by atoms with Crippen LogP contribution in [0.25, 0.3) is 0 Å². The Labute approximate surface area is 349 Å². The highest BCUT2D eigenvalue weighted by molar-refractivity contribution is 5.98. The summed E-state index contributed by atoms with van der Waals surface area (Å²) in [6.45, 7) is 15.3. The van der Waals surface area contributed by atoms with Gasteiger partial charge in [-0.2, -0.15) is 0 Å². The van der Waals surface area contributed by atoms with Crippen LogP contribution in [0, 0.1) is 29.6 Å². The molecule has 0 aromatic heterocycles. The zero-order chi connectivity index (χ0) is 44.3. The minimum Gasteiger partial charge on any atom is -0.460 e. The van der Waals surface area contributed by atoms with Crippen molar-refractivity contribution >= 4 is 47.1 Å². The largest absolute Gasteiger partial charge is 0.460 e. The number of rotatable bonds is 12. The minimum atomic E-state index is -1.33. The fourth-order valence-corrected chi connectivity index (χ4v) is 7.61. The summed E-state index contributed by atoms with van der Waals surface area (Å²) in [4.78, 5) is 114. The Bertz CT molecular complexity index is 1670. The number of Topliss-reactive ketones (excluding diaryl/α,β-unsaturated/α-hetero) is 2. The van der Waals surface area contributed by atoms with Crippen molar-refractivity contribution in [3.63, 3.8) is 0 Å². The van der Waals surface area contributed by atoms with Gasteiger partial charge in [-0.3, -0.25) is 33.6 Å². The monoisotopic (exact) mass is 825 g/mol. The SMILES string of the molecule is CCC[C@@H]1NC(=O)[C@@H](CC(=O)[C@H](C)NC(=O)C(C)C)[C@@H](C)OC(=O)[C@H](C(C)C)NC(=O)[C@H](Cc2ccccc2)N(C)C(=O)[C@H](CC(C)C)N2C(=O)[C@H](CC[C@H]2O)CC1=O. The van der Waals surface area contributed by atoms with E-state index < -0.39 is 114 Å². The number of aliphatic hydroxyl groups excluding tert-OH is 1. The van der Waals surface area contributed by atoms with E-state index in [0.29, 0.717) is 6.42 Å². The number of likely N-dealkylation sites (N-methyl/N-ethyl adjacent to an activating group) is 1. The Hall–Kier alpha value is -4.66. The van der Waals surface area contributed by atoms with Gasteiger partial charge in [-0.15, -0.1) is 0 Å². The fourth-order valence-electron chi connectivity index (χ4n) is 7.61. The molecule has 59 heavy (non-hydrogen) atoms. The number of carbonyl (C=O) groups is 8. The average molecular weight is 826 g/mol. The van der Waals surface area contributed by atoms with Gasteiger partial charge in [-0.05, 0) is 56.9 Å². The number of hydrogen-bond donors (Lipinski definition) is 4. The van der Waals surface area contributed by atoms with Crippen LogP contribution in [0.4, 0.5) is 0 Å². The summed E-state index contributed by atoms with van der Waals surface area (Å²) in [6, 6.07) is 3.32. The summed E-state index contributed by atoms with van der Waals surface area (Å²) in [5, 5.41) is 19.5. The van der Waals surface area contributed by atoms with Crippen LogP contribution < -0.4 is 16.0 Å². The maximum absolute atomic E-state index is 14.7. The molecule has 15 nitrogen and oxygen atoms in total. The lowest BCUT2D eigenvalue weighted by atomic mass is 9.86. The molecule has 328 valence electrons. The number of piperidine rings is 1. The van der Waals surface area contributed by atoms with E-state index in [2.05, 4.69) is 16.0 Å². The van der Waals surface area contributed by atoms with E-state index in [1.165, 1.54) is 25.8 Å². The molecule has 4 N–H and O–H groups in total. The number of hydrogen-bond acceptors (Lipinski definition) is 10. The molecule has 0 aliphatic carbocycles. The molecule has 9 atom stereocenters. The van der Waals surface area contributed by atoms with E-state index in [1.807, 2.05) is 26.8 Å². The summed E-state index contributed by atoms with van der Waals surface area (Å²) in [7, 11) is 1.46. The second-order valence-electron chi connectivity index (χ2n) is 17.4. The van der Waals surface area contributed by atoms with E-state index in [1.54, 1.807) is 52.0 Å². The predicted molar refractivity (Wildman–Crippen MR) is 220 cm³/mol. The minimum absolute atomic E-state index is 0.0436. The first kappa shape index (κ1) is 48.7. The van der Waals surface area contributed by atoms with Crippen molar-refractivity contribution in [1.29, 1.82) is 0 Å². The molecule has 1 aromatic rings. The molecular weight excluding hydrogens is 759 g/mol. The highest BCUT2D eigenvalue weighted by Crippen LogP contribution is 2.31. The standard InChI is InChI=1S/C44H67N5O10/c1-11-15-32-36(51)22-30-18-19-37(52)49(42(30)56)34(20-24(2)3)43(57)48(10)33(21-29-16-13-12-14-17-29)41(55)47-38(25(4)5)44(58)59-28(9)31(40(54)46-32)23-35(50)27(8)45-39(53)26(6)7/h12-14,16-17,24-28,30-34,37-38,52H,11,15,18-23H2,1-10H3,(H,45,53)(H,46,54)(H,47,55)/t27-,28+,30+,31-,32-,33-,34-,37+,38-/m0/s1. The molecule has 5 amide bonds. The van der Waals surface area contributed by atoms with Crippen LogP contribution in [0.1, 0.15) is 113 Å². The van der Waals surface area contributed by atoms with Crippen LogP contribution in [0.2, 0.25) is 0 Å². The van der Waals surface area contributed by atoms with Gasteiger partial charge in [0.2, 0.25) is 29.5 Å². The van der Waals surface area contributed by atoms with Crippen LogP contribution in [0.5, 0.6) is 0 Å². The third-order valence-electron chi connectivity index (χ3n) is 11.3. The number of ketones is 2. The third kappa shape index (κ3) is 13.2. The lowest BCUT2D eigenvalue weighted by Gasteiger charge is -2.43. The van der Waals surface area contributed by atoms with E-state index in [0.717, 1.165) is 10.5 Å². The van der Waals surface area contributed by atoms with Crippen molar-refractivity contribution in [2.75, 3.05) is 7.05 Å². The summed E-state index contributed by atoms with van der Waals surface area (Å²) in [5.74, 6) is -8.07. The average Bonchev–Trinajstić information content (AvgIpc) is 3.17. The Morgan fingerprint density at radius 3 is 2.12 bits per heavy atom. The number of carbonyl (C=O) groups excluding carboxylic acids is 8. The molecular formula is C44H67N5O10. The molecule has 2 aliphatic rings. The number of benzene rings is 1. The number of cyclic esters (lactones) is 1. The first-order valence-corrected chi connectivity index (χ1v) is 21.2. The number of esters is 1. The molecule has 3 rings (SSSR count). The predicted octanol–water partition coefficient (Wildman–Crippen LogP) is 3.09. The highest BCUT2D eigenvalue weighted by atomic mass is 16.5. The second-order valence-corrected chi connectivity index (χ2v) is 17.4. The molecule has 2 bridgehead atoms. The van der Waals surface area contributed by atoms with Crippen LogP contribution in [0.3, 0.4) is 0 Å². The van der Waals surface area contributed by atoms with Crippen molar-refractivity contribution in [1.82, 2.24) is 25.8 Å². The summed E-state index contributed by atoms with van der Waals surface area (Å²) >= 11 is 0. The number of fused-ring (bicyclic) bond motifs is 2. The Balaban J connectivity index is 2.18. The molecule has 2 saturated heterocycles. The van der Waals surface area contributed by atoms with Gasteiger partial charge in [0.05, 0.1) is 18.0 Å². The van der Waals surface area contributed by atoms with Gasteiger partial charge in [-0.1, -0.05) is 85.2 Å². The van der Waals surface area contributed by atoms with Crippen LogP contribution in [-0.4, -0.2) is 112 Å². The molecule has 0 unspecified atom stereocenters. The number of ether oxygens (including phenoxy) is 1. The second kappa shape index (κ2) is 22.1. The zero-order valence-corrected chi connectivity index (χ0v) is 36.5. The number of aliphatic hydroxyl groups is 1. The molecule has 2 heterocycles. The summed E-state index contributed by atoms with van der Waals surface area (Å²) < 4.78 is 5.89. The van der Waals surface area contributed by atoms with Gasteiger partial charge in [-0.25, -0.2) is 4.79 Å². The topological polar surface area (TPSA) is 209 Å². The third-order valence-corrected chi connectivity index (χ3v) is 11.3. The van der Waals surface area contributed by atoms with Crippen molar-refractivity contribution in [2.24, 2.45) is 29.6 Å². The first-order chi connectivity index (χ1) is 27.7. The Kier molecular flexibility index (Phi) is 18.2. The van der Waals surface area contributed by atoms with Gasteiger partial charge in [0.25, 0.3) is 0 Å². The fraction of sp³-hybridized carbons (Fsp3) is 0.682. The Morgan fingerprint density at radius 2 is 1.54 bits per heavy atom. The molecule has 0 spiro atoms. The first-order valence-electron chi connectivity index (χ1n) is 21.2. The molecule has 2 fully saturated rings. The van der Waals surface area contributed by atoms with Gasteiger partial charge in [0, 0.05) is 38.1 Å². The lowest BCUT2D eigenvalue weighted by Crippen LogP contribution is -2.61. The van der Waals surface area contributed by atoms with Crippen molar-refractivity contribution in [2.45, 2.75) is 156 Å². The van der Waals surface area contributed by atoms with Gasteiger partial charge < -0.3 is 35.6 Å².